The first kappa shape index (κ1) is 55.3. The first-order chi connectivity index (χ1) is 40.0. The summed E-state index contributed by atoms with van der Waals surface area (Å²) in [5.74, 6) is -0.762. The predicted octanol–water partition coefficient (Wildman–Crippen LogP) is 11.7. The van der Waals surface area contributed by atoms with Crippen LogP contribution in [0.25, 0.3) is 21.2 Å². The monoisotopic (exact) mass is 1090 g/mol. The number of hydrogen-bond donors (Lipinski definition) is 1. The molecule has 0 spiro atoms. The number of hydrogen-bond acceptors (Lipinski definition) is 13. The Kier molecular flexibility index (Phi) is 18.6. The van der Waals surface area contributed by atoms with Crippen molar-refractivity contribution in [1.82, 2.24) is 0 Å². The molecule has 0 aromatic heterocycles. The van der Waals surface area contributed by atoms with E-state index in [-0.39, 0.29) is 51.7 Å². The molecule has 0 radical (unpaired) electrons. The van der Waals surface area contributed by atoms with E-state index >= 15 is 0 Å². The van der Waals surface area contributed by atoms with Crippen LogP contribution in [0.2, 0.25) is 0 Å². The Labute approximate surface area is 470 Å². The summed E-state index contributed by atoms with van der Waals surface area (Å²) in [6, 6.07) is 69.2. The maximum Gasteiger partial charge on any atom is 0.338 e. The molecule has 2 saturated heterocycles. The second-order valence-corrected chi connectivity index (χ2v) is 20.2. The number of ether oxygens (including phenoxy) is 10. The van der Waals surface area contributed by atoms with Crippen molar-refractivity contribution in [2.45, 2.75) is 113 Å². The highest BCUT2D eigenvalue weighted by molar-refractivity contribution is 5.91. The highest BCUT2D eigenvalue weighted by atomic mass is 16.8. The van der Waals surface area contributed by atoms with Crippen LogP contribution in [-0.4, -0.2) is 85.0 Å². The van der Waals surface area contributed by atoms with Crippen LogP contribution < -0.4 is 0 Å². The molecule has 3 aliphatic rings. The van der Waals surface area contributed by atoms with Crippen molar-refractivity contribution in [2.75, 3.05) is 6.61 Å². The molecule has 3 fully saturated rings. The lowest BCUT2D eigenvalue weighted by Gasteiger charge is -2.52. The van der Waals surface area contributed by atoms with Gasteiger partial charge in [0.1, 0.15) is 54.9 Å². The number of carbonyl (C=O) groups is 1. The number of esters is 1. The molecule has 2 unspecified atom stereocenters. The van der Waals surface area contributed by atoms with Gasteiger partial charge in [0.2, 0.25) is 0 Å². The number of carbonyl (C=O) groups excluding carboxylic acids is 1. The Bertz CT molecular complexity index is 3300. The Balaban J connectivity index is 1.03. The topological polar surface area (TPSA) is 178 Å². The summed E-state index contributed by atoms with van der Waals surface area (Å²) in [5, 5.41) is 19.0. The SMILES string of the molecule is [N-]=[N+]=NCc1ccccc1C(=O)O[C@@H]1C(O[C@@H]2[C@@H](OCc3ccccc3)[C@H](OCc3ccccc3)[C@@H](OCc3ccccc3)[C@@H](O)[C@H]2OCc2cccc3ccccc23)O[C@@H]2COC(c3ccccc3)O[C@H]2[C@@H]1OCc1ccccc1. The molecule has 1 saturated carbocycles. The number of fused-ring (bicyclic) bond motifs is 2. The molecule has 8 aromatic rings. The quantitative estimate of drug-likeness (QED) is 0.0294. The van der Waals surface area contributed by atoms with Gasteiger partial charge >= 0.3 is 5.97 Å². The van der Waals surface area contributed by atoms with E-state index in [1.54, 1.807) is 24.3 Å². The number of benzene rings is 8. The van der Waals surface area contributed by atoms with E-state index in [4.69, 9.17) is 47.4 Å². The third kappa shape index (κ3) is 13.6. The van der Waals surface area contributed by atoms with E-state index in [1.807, 2.05) is 194 Å². The first-order valence-electron chi connectivity index (χ1n) is 27.3. The molecule has 12 atom stereocenters. The van der Waals surface area contributed by atoms with Gasteiger partial charge in [0.25, 0.3) is 0 Å². The fourth-order valence-electron chi connectivity index (χ4n) is 10.8. The Hall–Kier alpha value is -7.60. The molecule has 1 N–H and O–H groups in total. The minimum Gasteiger partial charge on any atom is -0.450 e. The molecular weight excluding hydrogens is 1030 g/mol. The Morgan fingerprint density at radius 3 is 1.60 bits per heavy atom. The summed E-state index contributed by atoms with van der Waals surface area (Å²) in [4.78, 5) is 18.0. The van der Waals surface area contributed by atoms with Crippen molar-refractivity contribution in [3.8, 4) is 0 Å². The second kappa shape index (κ2) is 27.2. The summed E-state index contributed by atoms with van der Waals surface area (Å²) in [6.45, 7) is 0.377. The van der Waals surface area contributed by atoms with Gasteiger partial charge in [-0.15, -0.1) is 0 Å². The van der Waals surface area contributed by atoms with Gasteiger partial charge in [-0.3, -0.25) is 0 Å². The highest BCUT2D eigenvalue weighted by Gasteiger charge is 2.59. The number of aliphatic hydroxyl groups is 1. The minimum atomic E-state index is -1.47. The molecule has 0 bridgehead atoms. The first-order valence-corrected chi connectivity index (χ1v) is 27.3. The standard InChI is InChI=1S/C66H63N3O12/c67-69-68-37-50-32-17-19-36-53(50)64(71)79-63-59(73-39-45-23-8-2-9-24-45)56-54(43-77-65(80-56)49-30-14-5-15-31-49)78-66(63)81-62-58(76-42-51-34-20-33-48-29-16-18-35-52(48)51)55(70)57(72-38-44-21-6-1-7-22-44)60(74-40-46-25-10-3-11-26-46)61(62)75-41-47-27-12-4-13-28-47/h1-36,54-63,65-66,70H,37-43H2/t54-,55-,56-,57+,58-,59+,60-,61+,62+,63+,65?,66?/m1/s1. The number of aliphatic hydroxyl groups excluding tert-OH is 1. The summed E-state index contributed by atoms with van der Waals surface area (Å²) in [6.07, 6.45) is -13.5. The van der Waals surface area contributed by atoms with Crippen LogP contribution in [0.3, 0.4) is 0 Å². The number of azide groups is 1. The van der Waals surface area contributed by atoms with Gasteiger partial charge in [0, 0.05) is 10.5 Å². The smallest absolute Gasteiger partial charge is 0.338 e. The molecule has 15 heteroatoms. The lowest BCUT2D eigenvalue weighted by molar-refractivity contribution is -0.385. The normalized spacial score (nSPS) is 25.3. The lowest BCUT2D eigenvalue weighted by Crippen LogP contribution is -2.69. The second-order valence-electron chi connectivity index (χ2n) is 20.2. The predicted molar refractivity (Wildman–Crippen MR) is 301 cm³/mol. The molecule has 414 valence electrons. The van der Waals surface area contributed by atoms with Crippen molar-refractivity contribution in [3.05, 3.63) is 273 Å². The fourth-order valence-corrected chi connectivity index (χ4v) is 10.8. The van der Waals surface area contributed by atoms with Crippen molar-refractivity contribution >= 4 is 16.7 Å². The molecule has 81 heavy (non-hydrogen) atoms. The zero-order valence-electron chi connectivity index (χ0n) is 44.4. The minimum absolute atomic E-state index is 0.0331. The van der Waals surface area contributed by atoms with Gasteiger partial charge in [-0.05, 0) is 55.8 Å². The Morgan fingerprint density at radius 2 is 0.988 bits per heavy atom. The van der Waals surface area contributed by atoms with Crippen LogP contribution >= 0.6 is 0 Å². The molecular formula is C66H63N3O12. The van der Waals surface area contributed by atoms with Gasteiger partial charge in [0.15, 0.2) is 18.7 Å². The van der Waals surface area contributed by atoms with Gasteiger partial charge in [0.05, 0.1) is 51.7 Å². The van der Waals surface area contributed by atoms with Crippen LogP contribution in [0, 0.1) is 0 Å². The van der Waals surface area contributed by atoms with Crippen LogP contribution in [0.1, 0.15) is 55.6 Å². The maximum absolute atomic E-state index is 15.0. The molecule has 0 amide bonds. The fraction of sp³-hybridized carbons (Fsp3) is 0.288. The van der Waals surface area contributed by atoms with E-state index in [2.05, 4.69) is 10.0 Å². The molecule has 2 aliphatic heterocycles. The summed E-state index contributed by atoms with van der Waals surface area (Å²) in [7, 11) is 0. The van der Waals surface area contributed by atoms with E-state index in [9.17, 15) is 15.4 Å². The van der Waals surface area contributed by atoms with E-state index in [0.29, 0.717) is 5.56 Å². The number of nitrogens with zero attached hydrogens (tertiary/aromatic N) is 3. The van der Waals surface area contributed by atoms with Crippen molar-refractivity contribution in [3.63, 3.8) is 0 Å². The van der Waals surface area contributed by atoms with E-state index in [0.717, 1.165) is 44.2 Å². The van der Waals surface area contributed by atoms with Crippen LogP contribution in [0.5, 0.6) is 0 Å². The van der Waals surface area contributed by atoms with Gasteiger partial charge in [-0.1, -0.05) is 217 Å². The van der Waals surface area contributed by atoms with Crippen molar-refractivity contribution in [1.29, 1.82) is 0 Å². The van der Waals surface area contributed by atoms with E-state index in [1.165, 1.54) is 0 Å². The molecule has 2 heterocycles. The molecule has 15 nitrogen and oxygen atoms in total. The number of rotatable bonds is 22. The summed E-state index contributed by atoms with van der Waals surface area (Å²) >= 11 is 0. The zero-order chi connectivity index (χ0) is 55.2. The van der Waals surface area contributed by atoms with Gasteiger partial charge < -0.3 is 52.5 Å². The van der Waals surface area contributed by atoms with Gasteiger partial charge in [-0.2, -0.15) is 0 Å². The third-order valence-corrected chi connectivity index (χ3v) is 14.9. The average Bonchev–Trinajstić information content (AvgIpc) is 3.59. The lowest BCUT2D eigenvalue weighted by atomic mass is 9.83. The van der Waals surface area contributed by atoms with Crippen molar-refractivity contribution in [2.24, 2.45) is 5.11 Å². The van der Waals surface area contributed by atoms with Gasteiger partial charge in [-0.25, -0.2) is 4.79 Å². The van der Waals surface area contributed by atoms with E-state index < -0.39 is 79.6 Å². The third-order valence-electron chi connectivity index (χ3n) is 14.9. The summed E-state index contributed by atoms with van der Waals surface area (Å²) < 4.78 is 69.6. The molecule has 1 aliphatic carbocycles. The zero-order valence-corrected chi connectivity index (χ0v) is 44.4. The average molecular weight is 1090 g/mol. The van der Waals surface area contributed by atoms with Crippen LogP contribution in [0.15, 0.2) is 224 Å². The van der Waals surface area contributed by atoms with Crippen LogP contribution in [0.4, 0.5) is 0 Å². The summed E-state index contributed by atoms with van der Waals surface area (Å²) in [5.41, 5.74) is 15.0. The maximum atomic E-state index is 15.0. The molecule has 8 aromatic carbocycles. The Morgan fingerprint density at radius 1 is 0.506 bits per heavy atom. The molecule has 11 rings (SSSR count). The largest absolute Gasteiger partial charge is 0.450 e. The highest BCUT2D eigenvalue weighted by Crippen LogP contribution is 2.41. The van der Waals surface area contributed by atoms with Crippen LogP contribution in [-0.2, 0) is 86.9 Å². The van der Waals surface area contributed by atoms with Crippen molar-refractivity contribution < 1.29 is 57.3 Å².